The summed E-state index contributed by atoms with van der Waals surface area (Å²) in [6, 6.07) is 0.960. The Labute approximate surface area is 96.9 Å². The fourth-order valence-electron chi connectivity index (χ4n) is 1.81. The molecule has 0 aliphatic carbocycles. The van der Waals surface area contributed by atoms with Gasteiger partial charge in [0.25, 0.3) is 5.91 Å². The molecule has 7 nitrogen and oxygen atoms in total. The lowest BCUT2D eigenvalue weighted by molar-refractivity contribution is -0.142. The van der Waals surface area contributed by atoms with Crippen molar-refractivity contribution in [2.75, 3.05) is 20.3 Å². The summed E-state index contributed by atoms with van der Waals surface area (Å²) in [6.07, 6.45) is 1.29. The molecule has 1 amide bonds. The molecule has 0 bridgehead atoms. The normalized spacial score (nSPS) is 23.6. The van der Waals surface area contributed by atoms with Crippen LogP contribution < -0.4 is 0 Å². The lowest BCUT2D eigenvalue weighted by Crippen LogP contribution is -2.44. The van der Waals surface area contributed by atoms with Crippen molar-refractivity contribution in [3.63, 3.8) is 0 Å². The number of carbonyl (C=O) groups excluding carboxylic acids is 1. The van der Waals surface area contributed by atoms with Gasteiger partial charge in [-0.25, -0.2) is 0 Å². The molecular weight excluding hydrogens is 228 g/mol. The molecule has 0 saturated carbocycles. The molecule has 0 spiro atoms. The standard InChI is InChI=1S/C10H12N2O5/c1-12(9(13)7-2-3-17-11-7)8-5-16-4-6(8)10(14)15/h2-3,6,8H,4-5H2,1H3,(H,14,15). The summed E-state index contributed by atoms with van der Waals surface area (Å²) in [6.45, 7) is 0.341. The largest absolute Gasteiger partial charge is 0.481 e. The van der Waals surface area contributed by atoms with Crippen LogP contribution in [0.4, 0.5) is 0 Å². The fraction of sp³-hybridized carbons (Fsp3) is 0.500. The Morgan fingerprint density at radius 3 is 2.88 bits per heavy atom. The molecule has 2 rings (SSSR count). The third kappa shape index (κ3) is 2.14. The first-order chi connectivity index (χ1) is 8.11. The number of nitrogens with zero attached hydrogens (tertiary/aromatic N) is 2. The zero-order valence-electron chi connectivity index (χ0n) is 9.20. The summed E-state index contributed by atoms with van der Waals surface area (Å²) < 4.78 is 9.68. The molecule has 2 atom stereocenters. The van der Waals surface area contributed by atoms with E-state index in [0.717, 1.165) is 0 Å². The van der Waals surface area contributed by atoms with Crippen molar-refractivity contribution in [2.45, 2.75) is 6.04 Å². The van der Waals surface area contributed by atoms with Gasteiger partial charge in [-0.2, -0.15) is 0 Å². The van der Waals surface area contributed by atoms with Crippen molar-refractivity contribution in [2.24, 2.45) is 5.92 Å². The van der Waals surface area contributed by atoms with Crippen LogP contribution in [0.5, 0.6) is 0 Å². The van der Waals surface area contributed by atoms with Crippen molar-refractivity contribution in [3.05, 3.63) is 18.0 Å². The van der Waals surface area contributed by atoms with Crippen LogP contribution >= 0.6 is 0 Å². The van der Waals surface area contributed by atoms with E-state index in [2.05, 4.69) is 9.68 Å². The van der Waals surface area contributed by atoms with Crippen LogP contribution in [0.1, 0.15) is 10.5 Å². The molecule has 1 aliphatic rings. The first-order valence-corrected chi connectivity index (χ1v) is 5.09. The zero-order valence-corrected chi connectivity index (χ0v) is 9.20. The van der Waals surface area contributed by atoms with Crippen LogP contribution in [0.15, 0.2) is 16.9 Å². The van der Waals surface area contributed by atoms with Crippen LogP contribution in [-0.4, -0.2) is 53.3 Å². The van der Waals surface area contributed by atoms with Crippen molar-refractivity contribution in [3.8, 4) is 0 Å². The van der Waals surface area contributed by atoms with Gasteiger partial charge >= 0.3 is 5.97 Å². The summed E-state index contributed by atoms with van der Waals surface area (Å²) in [5, 5.41) is 12.5. The highest BCUT2D eigenvalue weighted by Gasteiger charge is 2.39. The quantitative estimate of drug-likeness (QED) is 0.789. The summed E-state index contributed by atoms with van der Waals surface area (Å²) in [4.78, 5) is 24.2. The van der Waals surface area contributed by atoms with Gasteiger partial charge in [-0.05, 0) is 0 Å². The minimum absolute atomic E-state index is 0.121. The highest BCUT2D eigenvalue weighted by atomic mass is 16.5. The maximum Gasteiger partial charge on any atom is 0.311 e. The monoisotopic (exact) mass is 240 g/mol. The molecule has 1 aromatic rings. The van der Waals surface area contributed by atoms with E-state index in [0.29, 0.717) is 0 Å². The smallest absolute Gasteiger partial charge is 0.311 e. The first kappa shape index (κ1) is 11.6. The number of rotatable bonds is 3. The van der Waals surface area contributed by atoms with Crippen molar-refractivity contribution < 1.29 is 24.0 Å². The van der Waals surface area contributed by atoms with Crippen molar-refractivity contribution >= 4 is 11.9 Å². The average Bonchev–Trinajstić information content (AvgIpc) is 2.97. The van der Waals surface area contributed by atoms with Crippen molar-refractivity contribution in [1.29, 1.82) is 0 Å². The van der Waals surface area contributed by atoms with E-state index in [1.54, 1.807) is 0 Å². The Hall–Kier alpha value is -1.89. The third-order valence-corrected chi connectivity index (χ3v) is 2.84. The second kappa shape index (κ2) is 4.54. The van der Waals surface area contributed by atoms with E-state index in [-0.39, 0.29) is 24.8 Å². The molecule has 1 N–H and O–H groups in total. The minimum Gasteiger partial charge on any atom is -0.481 e. The average molecular weight is 240 g/mol. The molecule has 92 valence electrons. The van der Waals surface area contributed by atoms with Crippen LogP contribution in [-0.2, 0) is 9.53 Å². The van der Waals surface area contributed by atoms with Crippen LogP contribution in [0.3, 0.4) is 0 Å². The van der Waals surface area contributed by atoms with Gasteiger partial charge in [0.1, 0.15) is 12.2 Å². The summed E-state index contributed by atoms with van der Waals surface area (Å²) in [5.74, 6) is -2.04. The van der Waals surface area contributed by atoms with E-state index >= 15 is 0 Å². The molecule has 1 saturated heterocycles. The number of carboxylic acids is 1. The topological polar surface area (TPSA) is 92.9 Å². The SMILES string of the molecule is CN(C(=O)c1ccon1)C1COCC1C(=O)O. The van der Waals surface area contributed by atoms with E-state index in [1.807, 2.05) is 0 Å². The zero-order chi connectivity index (χ0) is 12.4. The number of aliphatic carboxylic acids is 1. The predicted octanol–water partition coefficient (Wildman–Crippen LogP) is -0.154. The highest BCUT2D eigenvalue weighted by Crippen LogP contribution is 2.20. The molecule has 0 radical (unpaired) electrons. The number of ether oxygens (including phenoxy) is 1. The number of carbonyl (C=O) groups is 2. The summed E-state index contributed by atoms with van der Waals surface area (Å²) >= 11 is 0. The fourth-order valence-corrected chi connectivity index (χ4v) is 1.81. The van der Waals surface area contributed by atoms with Gasteiger partial charge in [-0.15, -0.1) is 0 Å². The highest BCUT2D eigenvalue weighted by molar-refractivity contribution is 5.92. The molecule has 1 aromatic heterocycles. The van der Waals surface area contributed by atoms with E-state index < -0.39 is 17.9 Å². The molecule has 1 fully saturated rings. The second-order valence-corrected chi connectivity index (χ2v) is 3.85. The molecule has 17 heavy (non-hydrogen) atoms. The Kier molecular flexibility index (Phi) is 3.10. The van der Waals surface area contributed by atoms with Gasteiger partial charge in [-0.3, -0.25) is 9.59 Å². The minimum atomic E-state index is -0.965. The van der Waals surface area contributed by atoms with Gasteiger partial charge in [0.15, 0.2) is 5.69 Å². The van der Waals surface area contributed by atoms with Crippen molar-refractivity contribution in [1.82, 2.24) is 10.1 Å². The molecule has 1 aliphatic heterocycles. The van der Waals surface area contributed by atoms with Gasteiger partial charge in [0.2, 0.25) is 0 Å². The molecule has 0 aromatic carbocycles. The van der Waals surface area contributed by atoms with Gasteiger partial charge in [0, 0.05) is 13.1 Å². The molecule has 2 heterocycles. The Bertz CT molecular complexity index is 416. The molecule has 2 unspecified atom stereocenters. The van der Waals surface area contributed by atoms with Crippen LogP contribution in [0.2, 0.25) is 0 Å². The number of likely N-dealkylation sites (N-methyl/N-ethyl adjacent to an activating group) is 1. The first-order valence-electron chi connectivity index (χ1n) is 5.09. The van der Waals surface area contributed by atoms with Gasteiger partial charge in [-0.1, -0.05) is 5.16 Å². The second-order valence-electron chi connectivity index (χ2n) is 3.85. The molecular formula is C10H12N2O5. The van der Waals surface area contributed by atoms with E-state index in [9.17, 15) is 9.59 Å². The lowest BCUT2D eigenvalue weighted by Gasteiger charge is -2.25. The lowest BCUT2D eigenvalue weighted by atomic mass is 10.0. The van der Waals surface area contributed by atoms with E-state index in [1.165, 1.54) is 24.3 Å². The molecule has 7 heteroatoms. The Balaban J connectivity index is 2.12. The summed E-state index contributed by atoms with van der Waals surface area (Å²) in [7, 11) is 1.53. The maximum atomic E-state index is 11.9. The van der Waals surface area contributed by atoms with E-state index in [4.69, 9.17) is 9.84 Å². The summed E-state index contributed by atoms with van der Waals surface area (Å²) in [5.41, 5.74) is 0.156. The third-order valence-electron chi connectivity index (χ3n) is 2.84. The predicted molar refractivity (Wildman–Crippen MR) is 54.3 cm³/mol. The maximum absolute atomic E-state index is 11.9. The van der Waals surface area contributed by atoms with Gasteiger partial charge in [0.05, 0.1) is 19.3 Å². The Morgan fingerprint density at radius 2 is 2.29 bits per heavy atom. The number of carboxylic acid groups (broad SMARTS) is 1. The number of hydrogen-bond acceptors (Lipinski definition) is 5. The van der Waals surface area contributed by atoms with Crippen LogP contribution in [0.25, 0.3) is 0 Å². The number of amides is 1. The van der Waals surface area contributed by atoms with Gasteiger partial charge < -0.3 is 19.3 Å². The Morgan fingerprint density at radius 1 is 1.53 bits per heavy atom. The number of hydrogen-bond donors (Lipinski definition) is 1. The van der Waals surface area contributed by atoms with Crippen LogP contribution in [0, 0.1) is 5.92 Å². The number of aromatic nitrogens is 1.